The van der Waals surface area contributed by atoms with E-state index in [0.29, 0.717) is 9.90 Å². The van der Waals surface area contributed by atoms with Crippen molar-refractivity contribution < 1.29 is 4.79 Å². The molecule has 0 saturated carbocycles. The van der Waals surface area contributed by atoms with Gasteiger partial charge in [0.1, 0.15) is 0 Å². The number of carbonyl (C=O) groups excluding carboxylic acids is 1. The Morgan fingerprint density at radius 3 is 2.65 bits per heavy atom. The Morgan fingerprint density at radius 1 is 1.35 bits per heavy atom. The first-order valence-corrected chi connectivity index (χ1v) is 7.05. The van der Waals surface area contributed by atoms with E-state index in [1.807, 2.05) is 32.0 Å². The van der Waals surface area contributed by atoms with Gasteiger partial charge in [-0.05, 0) is 47.0 Å². The number of aryl methyl sites for hydroxylation is 1. The summed E-state index contributed by atoms with van der Waals surface area (Å²) in [5.41, 5.74) is 2.89. The minimum atomic E-state index is 0.0313. The zero-order valence-electron chi connectivity index (χ0n) is 9.38. The molecule has 17 heavy (non-hydrogen) atoms. The second-order valence-electron chi connectivity index (χ2n) is 3.81. The van der Waals surface area contributed by atoms with Crippen molar-refractivity contribution in [2.24, 2.45) is 0 Å². The van der Waals surface area contributed by atoms with Crippen LogP contribution in [0.25, 0.3) is 0 Å². The van der Waals surface area contributed by atoms with Crippen molar-refractivity contribution in [2.45, 2.75) is 13.8 Å². The Hall–Kier alpha value is -0.640. The second-order valence-corrected chi connectivity index (χ2v) is 6.59. The molecule has 0 N–H and O–H groups in total. The molecular weight excluding hydrogens is 320 g/mol. The van der Waals surface area contributed by atoms with Gasteiger partial charge in [-0.15, -0.1) is 11.3 Å². The normalized spacial score (nSPS) is 10.6. The SMILES string of the molecule is Cc1cccc(C(=O)c2cc(Cl)c(Br)s2)c1C. The molecule has 0 amide bonds. The lowest BCUT2D eigenvalue weighted by Gasteiger charge is -2.05. The van der Waals surface area contributed by atoms with E-state index in [2.05, 4.69) is 15.9 Å². The first-order valence-electron chi connectivity index (χ1n) is 5.06. The number of carbonyl (C=O) groups is 1. The Morgan fingerprint density at radius 2 is 2.06 bits per heavy atom. The fraction of sp³-hybridized carbons (Fsp3) is 0.154. The summed E-state index contributed by atoms with van der Waals surface area (Å²) in [6.07, 6.45) is 0. The predicted molar refractivity (Wildman–Crippen MR) is 76.4 cm³/mol. The highest BCUT2D eigenvalue weighted by atomic mass is 79.9. The number of rotatable bonds is 2. The van der Waals surface area contributed by atoms with Gasteiger partial charge in [0.05, 0.1) is 13.7 Å². The van der Waals surface area contributed by atoms with Crippen LogP contribution in [0.15, 0.2) is 28.1 Å². The number of benzene rings is 1. The van der Waals surface area contributed by atoms with Crippen LogP contribution in [0.4, 0.5) is 0 Å². The summed E-state index contributed by atoms with van der Waals surface area (Å²) in [5.74, 6) is 0.0313. The summed E-state index contributed by atoms with van der Waals surface area (Å²) in [4.78, 5) is 13.0. The number of thiophene rings is 1. The van der Waals surface area contributed by atoms with Crippen LogP contribution in [0.1, 0.15) is 26.4 Å². The van der Waals surface area contributed by atoms with Gasteiger partial charge in [-0.2, -0.15) is 0 Å². The molecule has 1 nitrogen and oxygen atoms in total. The summed E-state index contributed by atoms with van der Waals surface area (Å²) in [6.45, 7) is 3.97. The van der Waals surface area contributed by atoms with E-state index < -0.39 is 0 Å². The van der Waals surface area contributed by atoms with Crippen LogP contribution in [0, 0.1) is 13.8 Å². The van der Waals surface area contributed by atoms with Crippen molar-refractivity contribution >= 4 is 44.7 Å². The lowest BCUT2D eigenvalue weighted by Crippen LogP contribution is -2.02. The minimum Gasteiger partial charge on any atom is -0.288 e. The third-order valence-electron chi connectivity index (χ3n) is 2.72. The fourth-order valence-corrected chi connectivity index (χ4v) is 3.24. The summed E-state index contributed by atoms with van der Waals surface area (Å²) in [5, 5.41) is 0.587. The van der Waals surface area contributed by atoms with Gasteiger partial charge >= 0.3 is 0 Å². The molecule has 0 aliphatic carbocycles. The van der Waals surface area contributed by atoms with Crippen LogP contribution < -0.4 is 0 Å². The highest BCUT2D eigenvalue weighted by Gasteiger charge is 2.16. The van der Waals surface area contributed by atoms with Crippen LogP contribution in [0.3, 0.4) is 0 Å². The van der Waals surface area contributed by atoms with E-state index in [1.165, 1.54) is 11.3 Å². The maximum absolute atomic E-state index is 12.3. The minimum absolute atomic E-state index is 0.0313. The molecule has 1 aromatic carbocycles. The third kappa shape index (κ3) is 2.46. The zero-order valence-corrected chi connectivity index (χ0v) is 12.5. The predicted octanol–water partition coefficient (Wildman–Crippen LogP) is 5.01. The molecule has 1 aromatic heterocycles. The summed E-state index contributed by atoms with van der Waals surface area (Å²) < 4.78 is 0.799. The Kier molecular flexibility index (Phi) is 3.71. The molecular formula is C13H10BrClOS. The average molecular weight is 330 g/mol. The Bertz CT molecular complexity index is 570. The van der Waals surface area contributed by atoms with Gasteiger partial charge in [-0.1, -0.05) is 29.8 Å². The average Bonchev–Trinajstić information content (AvgIpc) is 2.62. The van der Waals surface area contributed by atoms with E-state index in [4.69, 9.17) is 11.6 Å². The molecule has 0 fully saturated rings. The number of halogens is 2. The number of ketones is 1. The highest BCUT2D eigenvalue weighted by Crippen LogP contribution is 2.33. The third-order valence-corrected chi connectivity index (χ3v) is 5.19. The standard InChI is InChI=1S/C13H10BrClOS/c1-7-4-3-5-9(8(7)2)12(16)11-6-10(15)13(14)17-11/h3-6H,1-2H3. The van der Waals surface area contributed by atoms with E-state index >= 15 is 0 Å². The molecule has 0 spiro atoms. The van der Waals surface area contributed by atoms with E-state index in [1.54, 1.807) is 6.07 Å². The number of hydrogen-bond acceptors (Lipinski definition) is 2. The van der Waals surface area contributed by atoms with Gasteiger partial charge in [0.25, 0.3) is 0 Å². The lowest BCUT2D eigenvalue weighted by molar-refractivity contribution is 0.104. The fourth-order valence-electron chi connectivity index (χ4n) is 1.59. The van der Waals surface area contributed by atoms with Crippen molar-refractivity contribution in [3.8, 4) is 0 Å². The first kappa shape index (κ1) is 12.8. The monoisotopic (exact) mass is 328 g/mol. The van der Waals surface area contributed by atoms with Crippen LogP contribution in [-0.4, -0.2) is 5.78 Å². The van der Waals surface area contributed by atoms with E-state index in [9.17, 15) is 4.79 Å². The summed E-state index contributed by atoms with van der Waals surface area (Å²) >= 11 is 10.6. The maximum atomic E-state index is 12.3. The van der Waals surface area contributed by atoms with Crippen LogP contribution >= 0.6 is 38.9 Å². The van der Waals surface area contributed by atoms with Crippen LogP contribution in [-0.2, 0) is 0 Å². The summed E-state index contributed by atoms with van der Waals surface area (Å²) in [6, 6.07) is 7.47. The van der Waals surface area contributed by atoms with Gasteiger partial charge in [-0.25, -0.2) is 0 Å². The van der Waals surface area contributed by atoms with Crippen molar-refractivity contribution in [3.63, 3.8) is 0 Å². The smallest absolute Gasteiger partial charge is 0.203 e. The quantitative estimate of drug-likeness (QED) is 0.708. The first-order chi connectivity index (χ1) is 8.00. The molecule has 0 saturated heterocycles. The summed E-state index contributed by atoms with van der Waals surface area (Å²) in [7, 11) is 0. The molecule has 2 rings (SSSR count). The Labute approximate surface area is 118 Å². The van der Waals surface area contributed by atoms with Crippen LogP contribution in [0.2, 0.25) is 5.02 Å². The molecule has 0 aliphatic rings. The van der Waals surface area contributed by atoms with Crippen molar-refractivity contribution in [2.75, 3.05) is 0 Å². The van der Waals surface area contributed by atoms with Gasteiger partial charge in [-0.3, -0.25) is 4.79 Å². The lowest BCUT2D eigenvalue weighted by atomic mass is 9.99. The molecule has 88 valence electrons. The number of hydrogen-bond donors (Lipinski definition) is 0. The molecule has 4 heteroatoms. The topological polar surface area (TPSA) is 17.1 Å². The molecule has 1 heterocycles. The van der Waals surface area contributed by atoms with Crippen molar-refractivity contribution in [1.29, 1.82) is 0 Å². The van der Waals surface area contributed by atoms with Gasteiger partial charge in [0.15, 0.2) is 0 Å². The second kappa shape index (κ2) is 4.92. The van der Waals surface area contributed by atoms with Crippen molar-refractivity contribution in [3.05, 3.63) is 54.6 Å². The van der Waals surface area contributed by atoms with Crippen molar-refractivity contribution in [1.82, 2.24) is 0 Å². The Balaban J connectivity index is 2.47. The highest BCUT2D eigenvalue weighted by molar-refractivity contribution is 9.11. The molecule has 0 aliphatic heterocycles. The molecule has 2 aromatic rings. The van der Waals surface area contributed by atoms with E-state index in [0.717, 1.165) is 20.5 Å². The maximum Gasteiger partial charge on any atom is 0.203 e. The largest absolute Gasteiger partial charge is 0.288 e. The molecule has 0 bridgehead atoms. The zero-order chi connectivity index (χ0) is 12.6. The van der Waals surface area contributed by atoms with Gasteiger partial charge in [0, 0.05) is 5.56 Å². The molecule has 0 unspecified atom stereocenters. The van der Waals surface area contributed by atoms with E-state index in [-0.39, 0.29) is 5.78 Å². The van der Waals surface area contributed by atoms with Gasteiger partial charge < -0.3 is 0 Å². The van der Waals surface area contributed by atoms with Gasteiger partial charge in [0.2, 0.25) is 5.78 Å². The molecule has 0 atom stereocenters. The van der Waals surface area contributed by atoms with Crippen LogP contribution in [0.5, 0.6) is 0 Å². The molecule has 0 radical (unpaired) electrons.